The number of imidazole rings is 1. The molecule has 3 aromatic rings. The van der Waals surface area contributed by atoms with Gasteiger partial charge in [-0.05, 0) is 30.7 Å². The van der Waals surface area contributed by atoms with Gasteiger partial charge in [-0.2, -0.15) is 0 Å². The highest BCUT2D eigenvalue weighted by molar-refractivity contribution is 6.01. The average Bonchev–Trinajstić information content (AvgIpc) is 2.88. The number of para-hydroxylation sites is 2. The molecule has 0 bridgehead atoms. The van der Waals surface area contributed by atoms with Crippen LogP contribution in [-0.4, -0.2) is 15.9 Å². The molecule has 4 heteroatoms. The second-order valence-corrected chi connectivity index (χ2v) is 4.84. The number of hydrogen-bond acceptors (Lipinski definition) is 2. The Kier molecular flexibility index (Phi) is 3.51. The van der Waals surface area contributed by atoms with Crippen LogP contribution in [0.15, 0.2) is 54.6 Å². The third-order valence-corrected chi connectivity index (χ3v) is 3.14. The third-order valence-electron chi connectivity index (χ3n) is 3.14. The number of aryl methyl sites for hydroxylation is 1. The zero-order valence-electron chi connectivity index (χ0n) is 11.6. The smallest absolute Gasteiger partial charge is 0.250 e. The van der Waals surface area contributed by atoms with Crippen molar-refractivity contribution < 1.29 is 4.79 Å². The first kappa shape index (κ1) is 13.1. The highest BCUT2D eigenvalue weighted by Gasteiger charge is 2.03. The largest absolute Gasteiger partial charge is 0.324 e. The van der Waals surface area contributed by atoms with Gasteiger partial charge in [0.1, 0.15) is 0 Å². The molecule has 0 atom stereocenters. The van der Waals surface area contributed by atoms with Crippen LogP contribution in [0.4, 0.5) is 5.95 Å². The van der Waals surface area contributed by atoms with Crippen LogP contribution in [-0.2, 0) is 4.79 Å². The van der Waals surface area contributed by atoms with Gasteiger partial charge in [0.2, 0.25) is 5.95 Å². The molecule has 4 nitrogen and oxygen atoms in total. The molecule has 1 heterocycles. The average molecular weight is 277 g/mol. The van der Waals surface area contributed by atoms with Gasteiger partial charge < -0.3 is 4.98 Å². The number of fused-ring (bicyclic) bond motifs is 1. The Morgan fingerprint density at radius 3 is 2.67 bits per heavy atom. The summed E-state index contributed by atoms with van der Waals surface area (Å²) in [6.07, 6.45) is 3.27. The maximum absolute atomic E-state index is 11.9. The van der Waals surface area contributed by atoms with E-state index in [1.54, 1.807) is 6.08 Å². The number of amides is 1. The predicted octanol–water partition coefficient (Wildman–Crippen LogP) is 3.52. The van der Waals surface area contributed by atoms with Crippen molar-refractivity contribution in [2.75, 3.05) is 5.32 Å². The molecule has 0 aliphatic rings. The van der Waals surface area contributed by atoms with Crippen LogP contribution in [0, 0.1) is 6.92 Å². The molecule has 0 spiro atoms. The van der Waals surface area contributed by atoms with Crippen molar-refractivity contribution in [1.29, 1.82) is 0 Å². The standard InChI is InChI=1S/C17H15N3O/c1-12-6-8-13(9-7-12)10-11-16(21)20-17-18-14-4-2-3-5-15(14)19-17/h2-11H,1H3,(H2,18,19,20,21)/b11-10+. The molecule has 3 rings (SSSR count). The van der Waals surface area contributed by atoms with Gasteiger partial charge in [0.25, 0.3) is 5.91 Å². The molecule has 0 fully saturated rings. The summed E-state index contributed by atoms with van der Waals surface area (Å²) in [4.78, 5) is 19.2. The Labute approximate surface area is 122 Å². The summed E-state index contributed by atoms with van der Waals surface area (Å²) in [6.45, 7) is 2.03. The van der Waals surface area contributed by atoms with Gasteiger partial charge >= 0.3 is 0 Å². The maximum atomic E-state index is 11.9. The van der Waals surface area contributed by atoms with Crippen LogP contribution in [0.2, 0.25) is 0 Å². The molecule has 0 radical (unpaired) electrons. The number of aromatic amines is 1. The first-order chi connectivity index (χ1) is 10.2. The van der Waals surface area contributed by atoms with E-state index in [1.807, 2.05) is 55.5 Å². The van der Waals surface area contributed by atoms with E-state index < -0.39 is 0 Å². The topological polar surface area (TPSA) is 57.8 Å². The van der Waals surface area contributed by atoms with Crippen molar-refractivity contribution >= 4 is 29.0 Å². The first-order valence-corrected chi connectivity index (χ1v) is 6.71. The van der Waals surface area contributed by atoms with E-state index >= 15 is 0 Å². The molecule has 104 valence electrons. The van der Waals surface area contributed by atoms with E-state index in [-0.39, 0.29) is 5.91 Å². The van der Waals surface area contributed by atoms with Gasteiger partial charge in [-0.3, -0.25) is 10.1 Å². The summed E-state index contributed by atoms with van der Waals surface area (Å²) in [5, 5.41) is 2.72. The second kappa shape index (κ2) is 5.63. The number of carbonyl (C=O) groups is 1. The fourth-order valence-corrected chi connectivity index (χ4v) is 2.02. The number of nitrogens with one attached hydrogen (secondary N) is 2. The van der Waals surface area contributed by atoms with Crippen molar-refractivity contribution in [3.8, 4) is 0 Å². The highest BCUT2D eigenvalue weighted by atomic mass is 16.1. The molecule has 2 N–H and O–H groups in total. The third kappa shape index (κ3) is 3.17. The maximum Gasteiger partial charge on any atom is 0.250 e. The Bertz CT molecular complexity index is 767. The van der Waals surface area contributed by atoms with E-state index in [2.05, 4.69) is 15.3 Å². The zero-order chi connectivity index (χ0) is 14.7. The van der Waals surface area contributed by atoms with E-state index in [0.717, 1.165) is 16.6 Å². The summed E-state index contributed by atoms with van der Waals surface area (Å²) < 4.78 is 0. The molecule has 21 heavy (non-hydrogen) atoms. The van der Waals surface area contributed by atoms with Gasteiger partial charge in [-0.25, -0.2) is 4.98 Å². The number of rotatable bonds is 3. The molecular formula is C17H15N3O. The minimum Gasteiger partial charge on any atom is -0.324 e. The molecule has 0 aliphatic carbocycles. The Hall–Kier alpha value is -2.88. The van der Waals surface area contributed by atoms with Gasteiger partial charge in [0.05, 0.1) is 11.0 Å². The Morgan fingerprint density at radius 2 is 1.90 bits per heavy atom. The highest BCUT2D eigenvalue weighted by Crippen LogP contribution is 2.13. The second-order valence-electron chi connectivity index (χ2n) is 4.84. The summed E-state index contributed by atoms with van der Waals surface area (Å²) in [7, 11) is 0. The summed E-state index contributed by atoms with van der Waals surface area (Å²) in [5.41, 5.74) is 3.91. The van der Waals surface area contributed by atoms with E-state index in [9.17, 15) is 4.79 Å². The van der Waals surface area contributed by atoms with Gasteiger partial charge in [0.15, 0.2) is 0 Å². The normalized spacial score (nSPS) is 11.1. The number of carbonyl (C=O) groups excluding carboxylic acids is 1. The molecule has 0 saturated heterocycles. The molecule has 1 aromatic heterocycles. The Balaban J connectivity index is 1.69. The monoisotopic (exact) mass is 277 g/mol. The molecule has 0 unspecified atom stereocenters. The minimum atomic E-state index is -0.213. The number of benzene rings is 2. The SMILES string of the molecule is Cc1ccc(/C=C/C(=O)Nc2nc3ccccc3[nH]2)cc1. The van der Waals surface area contributed by atoms with Crippen molar-refractivity contribution in [3.05, 3.63) is 65.7 Å². The molecule has 0 saturated carbocycles. The van der Waals surface area contributed by atoms with Gasteiger partial charge in [0, 0.05) is 6.08 Å². The summed E-state index contributed by atoms with van der Waals surface area (Å²) in [5.74, 6) is 0.240. The van der Waals surface area contributed by atoms with Crippen molar-refractivity contribution in [3.63, 3.8) is 0 Å². The Morgan fingerprint density at radius 1 is 1.14 bits per heavy atom. The van der Waals surface area contributed by atoms with Crippen LogP contribution < -0.4 is 5.32 Å². The van der Waals surface area contributed by atoms with Crippen LogP contribution in [0.1, 0.15) is 11.1 Å². The number of H-pyrrole nitrogens is 1. The summed E-state index contributed by atoms with van der Waals surface area (Å²) >= 11 is 0. The minimum absolute atomic E-state index is 0.213. The predicted molar refractivity (Wildman–Crippen MR) is 84.9 cm³/mol. The lowest BCUT2D eigenvalue weighted by Gasteiger charge is -1.97. The fourth-order valence-electron chi connectivity index (χ4n) is 2.02. The number of aromatic nitrogens is 2. The lowest BCUT2D eigenvalue weighted by atomic mass is 10.1. The van der Waals surface area contributed by atoms with Crippen LogP contribution in [0.25, 0.3) is 17.1 Å². The van der Waals surface area contributed by atoms with E-state index in [0.29, 0.717) is 5.95 Å². The van der Waals surface area contributed by atoms with Crippen molar-refractivity contribution in [1.82, 2.24) is 9.97 Å². The first-order valence-electron chi connectivity index (χ1n) is 6.71. The fraction of sp³-hybridized carbons (Fsp3) is 0.0588. The number of hydrogen-bond donors (Lipinski definition) is 2. The van der Waals surface area contributed by atoms with E-state index in [4.69, 9.17) is 0 Å². The van der Waals surface area contributed by atoms with Crippen molar-refractivity contribution in [2.45, 2.75) is 6.92 Å². The molecule has 2 aromatic carbocycles. The lowest BCUT2D eigenvalue weighted by molar-refractivity contribution is -0.111. The van der Waals surface area contributed by atoms with Crippen molar-refractivity contribution in [2.24, 2.45) is 0 Å². The number of anilines is 1. The molecular weight excluding hydrogens is 262 g/mol. The molecule has 1 amide bonds. The van der Waals surface area contributed by atoms with Crippen LogP contribution in [0.5, 0.6) is 0 Å². The van der Waals surface area contributed by atoms with Gasteiger partial charge in [-0.1, -0.05) is 42.0 Å². The molecule has 0 aliphatic heterocycles. The van der Waals surface area contributed by atoms with Crippen LogP contribution in [0.3, 0.4) is 0 Å². The summed E-state index contributed by atoms with van der Waals surface area (Å²) in [6, 6.07) is 15.6. The lowest BCUT2D eigenvalue weighted by Crippen LogP contribution is -2.08. The van der Waals surface area contributed by atoms with E-state index in [1.165, 1.54) is 11.6 Å². The zero-order valence-corrected chi connectivity index (χ0v) is 11.6. The quantitative estimate of drug-likeness (QED) is 0.720. The van der Waals surface area contributed by atoms with Gasteiger partial charge in [-0.15, -0.1) is 0 Å². The number of nitrogens with zero attached hydrogens (tertiary/aromatic N) is 1. The van der Waals surface area contributed by atoms with Crippen LogP contribution >= 0.6 is 0 Å².